The van der Waals surface area contributed by atoms with Crippen LogP contribution in [0.5, 0.6) is 5.75 Å². The van der Waals surface area contributed by atoms with Gasteiger partial charge in [-0.25, -0.2) is 13.1 Å². The molecule has 1 rings (SSSR count). The Morgan fingerprint density at radius 1 is 1.24 bits per heavy atom. The van der Waals surface area contributed by atoms with E-state index in [9.17, 15) is 13.2 Å². The van der Waals surface area contributed by atoms with E-state index in [0.29, 0.717) is 12.3 Å². The molecule has 7 heteroatoms. The van der Waals surface area contributed by atoms with E-state index in [1.54, 1.807) is 12.1 Å². The summed E-state index contributed by atoms with van der Waals surface area (Å²) < 4.78 is 31.7. The molecule has 118 valence electrons. The van der Waals surface area contributed by atoms with Gasteiger partial charge in [0.05, 0.1) is 17.5 Å². The van der Waals surface area contributed by atoms with Crippen molar-refractivity contribution in [2.24, 2.45) is 0 Å². The average molecular weight is 314 g/mol. The first-order valence-electron chi connectivity index (χ1n) is 6.88. The quantitative estimate of drug-likeness (QED) is 0.757. The Balaban J connectivity index is 2.63. The van der Waals surface area contributed by atoms with Gasteiger partial charge in [-0.15, -0.1) is 0 Å². The topological polar surface area (TPSA) is 84.5 Å². The van der Waals surface area contributed by atoms with Crippen LogP contribution in [-0.4, -0.2) is 33.5 Å². The van der Waals surface area contributed by atoms with Gasteiger partial charge >= 0.3 is 0 Å². The molecule has 1 aromatic carbocycles. The maximum absolute atomic E-state index is 12.0. The van der Waals surface area contributed by atoms with Crippen molar-refractivity contribution in [3.63, 3.8) is 0 Å². The summed E-state index contributed by atoms with van der Waals surface area (Å²) in [6, 6.07) is 6.07. The summed E-state index contributed by atoms with van der Waals surface area (Å²) in [6.07, 6.45) is 0.823. The second-order valence-electron chi connectivity index (χ2n) is 4.81. The number of rotatable bonds is 8. The maximum atomic E-state index is 12.0. The lowest BCUT2D eigenvalue weighted by molar-refractivity contribution is -0.119. The van der Waals surface area contributed by atoms with Crippen LogP contribution in [0.25, 0.3) is 0 Å². The van der Waals surface area contributed by atoms with E-state index < -0.39 is 10.0 Å². The van der Waals surface area contributed by atoms with Crippen molar-refractivity contribution in [1.82, 2.24) is 10.0 Å². The number of benzene rings is 1. The van der Waals surface area contributed by atoms with E-state index in [-0.39, 0.29) is 23.5 Å². The van der Waals surface area contributed by atoms with Gasteiger partial charge in [0, 0.05) is 6.54 Å². The molecule has 0 saturated heterocycles. The molecule has 0 heterocycles. The van der Waals surface area contributed by atoms with Crippen molar-refractivity contribution < 1.29 is 17.9 Å². The van der Waals surface area contributed by atoms with Crippen LogP contribution in [0, 0.1) is 0 Å². The van der Waals surface area contributed by atoms with E-state index >= 15 is 0 Å². The molecule has 2 N–H and O–H groups in total. The molecule has 0 unspecified atom stereocenters. The predicted octanol–water partition coefficient (Wildman–Crippen LogP) is 1.28. The van der Waals surface area contributed by atoms with E-state index in [1.807, 2.05) is 20.8 Å². The predicted molar refractivity (Wildman–Crippen MR) is 80.7 cm³/mol. The molecule has 0 aliphatic rings. The van der Waals surface area contributed by atoms with Crippen LogP contribution in [-0.2, 0) is 14.8 Å². The number of carbonyl (C=O) groups excluding carboxylic acids is 1. The first-order valence-corrected chi connectivity index (χ1v) is 8.36. The highest BCUT2D eigenvalue weighted by Crippen LogP contribution is 2.16. The van der Waals surface area contributed by atoms with E-state index in [1.165, 1.54) is 12.1 Å². The SMILES string of the molecule is CCCNC(=O)CNS(=O)(=O)c1ccc(OC(C)C)cc1. The zero-order chi connectivity index (χ0) is 15.9. The molecule has 6 nitrogen and oxygen atoms in total. The molecule has 0 saturated carbocycles. The molecule has 1 amide bonds. The minimum Gasteiger partial charge on any atom is -0.491 e. The average Bonchev–Trinajstić information content (AvgIpc) is 2.43. The van der Waals surface area contributed by atoms with E-state index in [4.69, 9.17) is 4.74 Å². The molecule has 0 aromatic heterocycles. The molecular formula is C14H22N2O4S. The van der Waals surface area contributed by atoms with Crippen molar-refractivity contribution in [2.45, 2.75) is 38.2 Å². The lowest BCUT2D eigenvalue weighted by atomic mass is 10.3. The highest BCUT2D eigenvalue weighted by atomic mass is 32.2. The van der Waals surface area contributed by atoms with Crippen LogP contribution in [0.4, 0.5) is 0 Å². The number of hydrogen-bond acceptors (Lipinski definition) is 4. The van der Waals surface area contributed by atoms with Crippen LogP contribution in [0.2, 0.25) is 0 Å². The molecular weight excluding hydrogens is 292 g/mol. The molecule has 0 aliphatic carbocycles. The zero-order valence-electron chi connectivity index (χ0n) is 12.5. The fourth-order valence-corrected chi connectivity index (χ4v) is 2.52. The van der Waals surface area contributed by atoms with E-state index in [2.05, 4.69) is 10.0 Å². The molecule has 0 spiro atoms. The Morgan fingerprint density at radius 2 is 1.86 bits per heavy atom. The lowest BCUT2D eigenvalue weighted by Gasteiger charge is -2.11. The summed E-state index contributed by atoms with van der Waals surface area (Å²) in [7, 11) is -3.69. The van der Waals surface area contributed by atoms with Gasteiger partial charge in [0.1, 0.15) is 5.75 Å². The monoisotopic (exact) mass is 314 g/mol. The third-order valence-corrected chi connectivity index (χ3v) is 3.92. The molecule has 0 radical (unpaired) electrons. The van der Waals surface area contributed by atoms with Crippen molar-refractivity contribution in [2.75, 3.05) is 13.1 Å². The van der Waals surface area contributed by atoms with E-state index in [0.717, 1.165) is 6.42 Å². The number of nitrogens with one attached hydrogen (secondary N) is 2. The largest absolute Gasteiger partial charge is 0.491 e. The Morgan fingerprint density at radius 3 is 2.38 bits per heavy atom. The molecule has 0 fully saturated rings. The van der Waals surface area contributed by atoms with Gasteiger partial charge in [0.2, 0.25) is 15.9 Å². The van der Waals surface area contributed by atoms with Gasteiger partial charge in [-0.05, 0) is 44.5 Å². The van der Waals surface area contributed by atoms with Gasteiger partial charge < -0.3 is 10.1 Å². The van der Waals surface area contributed by atoms with Gasteiger partial charge in [0.15, 0.2) is 0 Å². The number of hydrogen-bond donors (Lipinski definition) is 2. The maximum Gasteiger partial charge on any atom is 0.241 e. The second kappa shape index (κ2) is 7.99. The summed E-state index contributed by atoms with van der Waals surface area (Å²) in [6.45, 7) is 5.96. The van der Waals surface area contributed by atoms with Crippen molar-refractivity contribution in [3.05, 3.63) is 24.3 Å². The highest BCUT2D eigenvalue weighted by molar-refractivity contribution is 7.89. The standard InChI is InChI=1S/C14H22N2O4S/c1-4-9-15-14(17)10-16-21(18,19)13-7-5-12(6-8-13)20-11(2)3/h5-8,11,16H,4,9-10H2,1-3H3,(H,15,17). The van der Waals surface area contributed by atoms with Gasteiger partial charge in [-0.3, -0.25) is 4.79 Å². The smallest absolute Gasteiger partial charge is 0.241 e. The van der Waals surface area contributed by atoms with Crippen LogP contribution >= 0.6 is 0 Å². The Bertz CT molecular complexity index is 553. The van der Waals surface area contributed by atoms with Crippen LogP contribution in [0.15, 0.2) is 29.2 Å². The van der Waals surface area contributed by atoms with Gasteiger partial charge in [-0.2, -0.15) is 0 Å². The first-order chi connectivity index (χ1) is 9.85. The van der Waals surface area contributed by atoms with Gasteiger partial charge in [-0.1, -0.05) is 6.92 Å². The first kappa shape index (κ1) is 17.5. The van der Waals surface area contributed by atoms with Crippen LogP contribution in [0.3, 0.4) is 0 Å². The second-order valence-corrected chi connectivity index (χ2v) is 6.58. The molecule has 1 aromatic rings. The van der Waals surface area contributed by atoms with Crippen LogP contribution in [0.1, 0.15) is 27.2 Å². The molecule has 0 atom stereocenters. The number of sulfonamides is 1. The minimum absolute atomic E-state index is 0.0212. The molecule has 21 heavy (non-hydrogen) atoms. The highest BCUT2D eigenvalue weighted by Gasteiger charge is 2.15. The molecule has 0 bridgehead atoms. The summed E-state index contributed by atoms with van der Waals surface area (Å²) >= 11 is 0. The van der Waals surface area contributed by atoms with Gasteiger partial charge in [0.25, 0.3) is 0 Å². The third-order valence-electron chi connectivity index (χ3n) is 2.50. The van der Waals surface area contributed by atoms with Crippen molar-refractivity contribution in [3.8, 4) is 5.75 Å². The fraction of sp³-hybridized carbons (Fsp3) is 0.500. The summed E-state index contributed by atoms with van der Waals surface area (Å²) in [5, 5.41) is 2.60. The normalized spacial score (nSPS) is 11.4. The number of carbonyl (C=O) groups is 1. The number of ether oxygens (including phenoxy) is 1. The zero-order valence-corrected chi connectivity index (χ0v) is 13.4. The van der Waals surface area contributed by atoms with Crippen molar-refractivity contribution >= 4 is 15.9 Å². The van der Waals surface area contributed by atoms with Crippen LogP contribution < -0.4 is 14.8 Å². The third kappa shape index (κ3) is 6.14. The summed E-state index contributed by atoms with van der Waals surface area (Å²) in [5.74, 6) is 0.254. The Hall–Kier alpha value is -1.60. The Kier molecular flexibility index (Phi) is 6.64. The molecule has 0 aliphatic heterocycles. The Labute approximate surface area is 125 Å². The minimum atomic E-state index is -3.69. The summed E-state index contributed by atoms with van der Waals surface area (Å²) in [4.78, 5) is 11.5. The lowest BCUT2D eigenvalue weighted by Crippen LogP contribution is -2.37. The summed E-state index contributed by atoms with van der Waals surface area (Å²) in [5.41, 5.74) is 0. The fourth-order valence-electron chi connectivity index (χ4n) is 1.54. The van der Waals surface area contributed by atoms with Crippen molar-refractivity contribution in [1.29, 1.82) is 0 Å². The number of amides is 1.